The van der Waals surface area contributed by atoms with Crippen LogP contribution >= 0.6 is 0 Å². The molecule has 1 amide bonds. The molecule has 1 aromatic carbocycles. The van der Waals surface area contributed by atoms with Crippen LogP contribution in [0.5, 0.6) is 0 Å². The quantitative estimate of drug-likeness (QED) is 0.902. The van der Waals surface area contributed by atoms with E-state index in [4.69, 9.17) is 4.52 Å². The van der Waals surface area contributed by atoms with Crippen molar-refractivity contribution >= 4 is 5.91 Å². The highest BCUT2D eigenvalue weighted by atomic mass is 16.5. The maximum Gasteiger partial charge on any atom is 0.227 e. The van der Waals surface area contributed by atoms with Gasteiger partial charge in [-0.3, -0.25) is 4.79 Å². The average molecular weight is 341 g/mol. The molecule has 2 fully saturated rings. The third-order valence-corrected chi connectivity index (χ3v) is 5.76. The first-order chi connectivity index (χ1) is 12.2. The molecule has 132 valence electrons. The number of carbonyl (C=O) groups excluding carboxylic acids is 1. The van der Waals surface area contributed by atoms with E-state index in [1.165, 1.54) is 0 Å². The summed E-state index contributed by atoms with van der Waals surface area (Å²) in [4.78, 5) is 18.8. The number of aliphatic hydroxyl groups excluding tert-OH is 1. The molecule has 1 saturated carbocycles. The Labute approximate surface area is 146 Å². The van der Waals surface area contributed by atoms with E-state index in [0.717, 1.165) is 31.4 Å². The molecular formula is C19H23N3O3. The summed E-state index contributed by atoms with van der Waals surface area (Å²) in [5, 5.41) is 13.8. The van der Waals surface area contributed by atoms with Gasteiger partial charge in [-0.1, -0.05) is 41.9 Å². The Morgan fingerprint density at radius 2 is 2.20 bits per heavy atom. The van der Waals surface area contributed by atoms with E-state index >= 15 is 0 Å². The van der Waals surface area contributed by atoms with Gasteiger partial charge in [0, 0.05) is 36.9 Å². The van der Waals surface area contributed by atoms with Crippen LogP contribution in [-0.4, -0.2) is 45.8 Å². The molecule has 2 heterocycles. The molecule has 0 spiro atoms. The fourth-order valence-electron chi connectivity index (χ4n) is 4.30. The number of aromatic nitrogens is 2. The van der Waals surface area contributed by atoms with Crippen molar-refractivity contribution in [3.05, 3.63) is 36.2 Å². The van der Waals surface area contributed by atoms with Crippen LogP contribution in [0.1, 0.15) is 31.6 Å². The monoisotopic (exact) mass is 341 g/mol. The maximum absolute atomic E-state index is 12.5. The van der Waals surface area contributed by atoms with Crippen LogP contribution in [0.15, 0.2) is 34.9 Å². The molecule has 4 rings (SSSR count). The number of hydrogen-bond donors (Lipinski definition) is 1. The van der Waals surface area contributed by atoms with Crippen molar-refractivity contribution in [3.63, 3.8) is 0 Å². The summed E-state index contributed by atoms with van der Waals surface area (Å²) < 4.78 is 5.28. The minimum absolute atomic E-state index is 0.0549. The average Bonchev–Trinajstić information content (AvgIpc) is 3.34. The highest BCUT2D eigenvalue weighted by Gasteiger charge is 2.49. The van der Waals surface area contributed by atoms with E-state index in [9.17, 15) is 9.90 Å². The lowest BCUT2D eigenvalue weighted by Gasteiger charge is -2.25. The van der Waals surface area contributed by atoms with Crippen LogP contribution in [0.3, 0.4) is 0 Å². The van der Waals surface area contributed by atoms with Crippen LogP contribution in [-0.2, 0) is 11.2 Å². The van der Waals surface area contributed by atoms with Gasteiger partial charge in [-0.25, -0.2) is 0 Å². The molecule has 0 unspecified atom stereocenters. The number of aryl methyl sites for hydroxylation is 1. The third kappa shape index (κ3) is 3.06. The molecule has 2 aliphatic rings. The zero-order valence-corrected chi connectivity index (χ0v) is 14.2. The third-order valence-electron chi connectivity index (χ3n) is 5.76. The Hall–Kier alpha value is -2.21. The molecule has 6 heteroatoms. The molecule has 1 aromatic heterocycles. The van der Waals surface area contributed by atoms with Crippen molar-refractivity contribution in [2.75, 3.05) is 19.7 Å². The Kier molecular flexibility index (Phi) is 4.29. The number of fused-ring (bicyclic) bond motifs is 1. The fourth-order valence-corrected chi connectivity index (χ4v) is 4.30. The second-order valence-corrected chi connectivity index (χ2v) is 7.26. The van der Waals surface area contributed by atoms with E-state index in [0.29, 0.717) is 37.0 Å². The van der Waals surface area contributed by atoms with Gasteiger partial charge in [0.05, 0.1) is 6.61 Å². The molecule has 1 aliphatic heterocycles. The van der Waals surface area contributed by atoms with E-state index in [2.05, 4.69) is 10.1 Å². The Morgan fingerprint density at radius 1 is 1.36 bits per heavy atom. The highest BCUT2D eigenvalue weighted by molar-refractivity contribution is 5.76. The number of carbonyl (C=O) groups is 1. The predicted octanol–water partition coefficient (Wildman–Crippen LogP) is 2.29. The molecule has 2 atom stereocenters. The predicted molar refractivity (Wildman–Crippen MR) is 91.5 cm³/mol. The summed E-state index contributed by atoms with van der Waals surface area (Å²) in [5.74, 6) is 1.61. The lowest BCUT2D eigenvalue weighted by Crippen LogP contribution is -2.34. The van der Waals surface area contributed by atoms with Gasteiger partial charge in [0.2, 0.25) is 17.6 Å². The van der Waals surface area contributed by atoms with Gasteiger partial charge in [0.25, 0.3) is 0 Å². The first kappa shape index (κ1) is 16.3. The molecule has 0 bridgehead atoms. The smallest absolute Gasteiger partial charge is 0.227 e. The first-order valence-corrected chi connectivity index (χ1v) is 8.97. The van der Waals surface area contributed by atoms with Crippen LogP contribution in [0.4, 0.5) is 0 Å². The second-order valence-electron chi connectivity index (χ2n) is 7.26. The van der Waals surface area contributed by atoms with Crippen LogP contribution in [0, 0.1) is 11.3 Å². The van der Waals surface area contributed by atoms with Crippen molar-refractivity contribution in [2.45, 2.75) is 32.1 Å². The van der Waals surface area contributed by atoms with Gasteiger partial charge in [0.1, 0.15) is 0 Å². The molecule has 1 aliphatic carbocycles. The van der Waals surface area contributed by atoms with E-state index in [-0.39, 0.29) is 17.9 Å². The fraction of sp³-hybridized carbons (Fsp3) is 0.526. The van der Waals surface area contributed by atoms with E-state index < -0.39 is 0 Å². The zero-order chi connectivity index (χ0) is 17.3. The molecule has 2 aromatic rings. The lowest BCUT2D eigenvalue weighted by molar-refractivity contribution is -0.130. The van der Waals surface area contributed by atoms with E-state index in [1.807, 2.05) is 35.2 Å². The largest absolute Gasteiger partial charge is 0.396 e. The summed E-state index contributed by atoms with van der Waals surface area (Å²) >= 11 is 0. The first-order valence-electron chi connectivity index (χ1n) is 8.97. The number of benzene rings is 1. The highest BCUT2D eigenvalue weighted by Crippen LogP contribution is 2.48. The van der Waals surface area contributed by atoms with E-state index in [1.54, 1.807) is 0 Å². The number of amides is 1. The second kappa shape index (κ2) is 6.59. The van der Waals surface area contributed by atoms with Crippen LogP contribution in [0.2, 0.25) is 0 Å². The molecule has 25 heavy (non-hydrogen) atoms. The summed E-state index contributed by atoms with van der Waals surface area (Å²) in [6.45, 7) is 1.65. The Morgan fingerprint density at radius 3 is 2.96 bits per heavy atom. The number of nitrogens with zero attached hydrogens (tertiary/aromatic N) is 3. The zero-order valence-electron chi connectivity index (χ0n) is 14.2. The maximum atomic E-state index is 12.5. The molecule has 0 radical (unpaired) electrons. The number of likely N-dealkylation sites (tertiary alicyclic amines) is 1. The van der Waals surface area contributed by atoms with Gasteiger partial charge in [0.15, 0.2) is 0 Å². The summed E-state index contributed by atoms with van der Waals surface area (Å²) in [7, 11) is 0. The van der Waals surface area contributed by atoms with Crippen LogP contribution in [0.25, 0.3) is 11.4 Å². The van der Waals surface area contributed by atoms with Crippen molar-refractivity contribution in [2.24, 2.45) is 11.3 Å². The Bertz CT molecular complexity index is 745. The number of aliphatic hydroxyl groups is 1. The SMILES string of the molecule is O=C(CCc1nc(-c2ccccc2)no1)N1C[C@@H]2CCC[C@]2(CO)C1. The molecular weight excluding hydrogens is 318 g/mol. The van der Waals surface area contributed by atoms with Crippen molar-refractivity contribution in [1.82, 2.24) is 15.0 Å². The Balaban J connectivity index is 1.35. The van der Waals surface area contributed by atoms with Gasteiger partial charge in [-0.15, -0.1) is 0 Å². The summed E-state index contributed by atoms with van der Waals surface area (Å²) in [6, 6.07) is 9.65. The summed E-state index contributed by atoms with van der Waals surface area (Å²) in [5.41, 5.74) is 0.849. The number of rotatable bonds is 5. The van der Waals surface area contributed by atoms with Crippen molar-refractivity contribution < 1.29 is 14.4 Å². The van der Waals surface area contributed by atoms with Crippen LogP contribution < -0.4 is 0 Å². The topological polar surface area (TPSA) is 79.5 Å². The minimum Gasteiger partial charge on any atom is -0.396 e. The normalized spacial score (nSPS) is 25.3. The van der Waals surface area contributed by atoms with Crippen molar-refractivity contribution in [1.29, 1.82) is 0 Å². The molecule has 6 nitrogen and oxygen atoms in total. The standard InChI is InChI=1S/C19H23N3O3/c23-13-19-10-4-7-15(19)11-22(12-19)17(24)9-8-16-20-18(21-25-16)14-5-2-1-3-6-14/h1-3,5-6,15,23H,4,7-13H2/t15-,19+/m0/s1. The van der Waals surface area contributed by atoms with Gasteiger partial charge in [-0.2, -0.15) is 4.98 Å². The van der Waals surface area contributed by atoms with Crippen molar-refractivity contribution in [3.8, 4) is 11.4 Å². The summed E-state index contributed by atoms with van der Waals surface area (Å²) in [6.07, 6.45) is 4.13. The number of hydrogen-bond acceptors (Lipinski definition) is 5. The van der Waals surface area contributed by atoms with Gasteiger partial charge < -0.3 is 14.5 Å². The van der Waals surface area contributed by atoms with Gasteiger partial charge in [-0.05, 0) is 18.8 Å². The van der Waals surface area contributed by atoms with Gasteiger partial charge >= 0.3 is 0 Å². The lowest BCUT2D eigenvalue weighted by atomic mass is 9.82. The minimum atomic E-state index is -0.0549. The molecule has 1 N–H and O–H groups in total. The molecule has 1 saturated heterocycles.